The molecular weight excluding hydrogens is 509 g/mol. The van der Waals surface area contributed by atoms with Crippen LogP contribution in [0.2, 0.25) is 0 Å². The number of halogens is 3. The van der Waals surface area contributed by atoms with Crippen molar-refractivity contribution in [3.05, 3.63) is 58.2 Å². The number of anilines is 1. The molecule has 0 aliphatic heterocycles. The maximum Gasteiger partial charge on any atom is 0.416 e. The predicted molar refractivity (Wildman–Crippen MR) is 133 cm³/mol. The number of carbonyl (C=O) groups is 3. The summed E-state index contributed by atoms with van der Waals surface area (Å²) in [5, 5.41) is 14.1. The second-order valence-corrected chi connectivity index (χ2v) is 8.30. The van der Waals surface area contributed by atoms with Crippen LogP contribution in [0, 0.1) is 0 Å². The van der Waals surface area contributed by atoms with Crippen LogP contribution >= 0.6 is 0 Å². The van der Waals surface area contributed by atoms with Gasteiger partial charge in [-0.2, -0.15) is 13.2 Å². The van der Waals surface area contributed by atoms with E-state index in [4.69, 9.17) is 21.9 Å². The number of nitrogens with one attached hydrogen (secondary N) is 2. The fourth-order valence-electron chi connectivity index (χ4n) is 3.97. The normalized spacial score (nSPS) is 12.8. The molecule has 0 radical (unpaired) electrons. The monoisotopic (exact) mass is 534 g/mol. The fraction of sp³-hybridized carbons (Fsp3) is 0.250. The quantitative estimate of drug-likeness (QED) is 0.159. The van der Waals surface area contributed by atoms with Crippen molar-refractivity contribution in [1.29, 1.82) is 0 Å². The summed E-state index contributed by atoms with van der Waals surface area (Å²) in [7, 11) is 1.41. The van der Waals surface area contributed by atoms with E-state index < -0.39 is 60.1 Å². The molecule has 3 rings (SSSR count). The highest BCUT2D eigenvalue weighted by Gasteiger charge is 2.32. The molecule has 0 bridgehead atoms. The molecule has 0 spiro atoms. The van der Waals surface area contributed by atoms with E-state index in [1.54, 1.807) is 6.07 Å². The van der Waals surface area contributed by atoms with Gasteiger partial charge in [-0.3, -0.25) is 14.4 Å². The van der Waals surface area contributed by atoms with Crippen molar-refractivity contribution in [1.82, 2.24) is 10.6 Å². The highest BCUT2D eigenvalue weighted by molar-refractivity contribution is 5.97. The number of allylic oxidation sites excluding steroid dienone is 1. The highest BCUT2D eigenvalue weighted by Crippen LogP contribution is 2.40. The number of carbonyl (C=O) groups excluding carboxylic acids is 2. The van der Waals surface area contributed by atoms with Crippen molar-refractivity contribution in [3.63, 3.8) is 0 Å². The summed E-state index contributed by atoms with van der Waals surface area (Å²) in [6.45, 7) is -0.674. The zero-order valence-electron chi connectivity index (χ0n) is 20.1. The maximum absolute atomic E-state index is 13.3. The molecule has 11 nitrogen and oxygen atoms in total. The van der Waals surface area contributed by atoms with Crippen molar-refractivity contribution in [3.8, 4) is 5.75 Å². The summed E-state index contributed by atoms with van der Waals surface area (Å²) in [4.78, 5) is 40.3. The van der Waals surface area contributed by atoms with Gasteiger partial charge in [0.25, 0.3) is 5.91 Å². The molecule has 0 saturated carbocycles. The molecule has 1 unspecified atom stereocenters. The van der Waals surface area contributed by atoms with E-state index in [1.165, 1.54) is 7.11 Å². The van der Waals surface area contributed by atoms with Crippen LogP contribution in [-0.2, 0) is 22.2 Å². The van der Waals surface area contributed by atoms with Crippen LogP contribution in [0.3, 0.4) is 0 Å². The first-order valence-electron chi connectivity index (χ1n) is 11.1. The van der Waals surface area contributed by atoms with E-state index in [0.29, 0.717) is 29.9 Å². The lowest BCUT2D eigenvalue weighted by Crippen LogP contribution is -2.39. The summed E-state index contributed by atoms with van der Waals surface area (Å²) in [6.07, 6.45) is -1.07. The first-order chi connectivity index (χ1) is 17.8. The van der Waals surface area contributed by atoms with Crippen LogP contribution < -0.4 is 32.6 Å². The average Bonchev–Trinajstić information content (AvgIpc) is 3.28. The molecule has 2 aromatic carbocycles. The second kappa shape index (κ2) is 11.1. The van der Waals surface area contributed by atoms with Gasteiger partial charge in [0.15, 0.2) is 5.96 Å². The number of ether oxygens (including phenoxy) is 1. The van der Waals surface area contributed by atoms with Gasteiger partial charge >= 0.3 is 12.1 Å². The number of amides is 2. The number of guanidine groups is 1. The minimum atomic E-state index is -4.79. The molecule has 2 amide bonds. The van der Waals surface area contributed by atoms with Gasteiger partial charge < -0.3 is 37.7 Å². The number of aliphatic carboxylic acids is 1. The molecule has 1 aliphatic rings. The molecule has 202 valence electrons. The Bertz CT molecular complexity index is 1340. The van der Waals surface area contributed by atoms with E-state index in [2.05, 4.69) is 15.6 Å². The lowest BCUT2D eigenvalue weighted by atomic mass is 9.95. The number of carboxylic acid groups (broad SMARTS) is 1. The predicted octanol–water partition coefficient (Wildman–Crippen LogP) is 1.83. The largest absolute Gasteiger partial charge is 0.494 e. The summed E-state index contributed by atoms with van der Waals surface area (Å²) in [5.74, 6) is -3.23. The Balaban J connectivity index is 1.79. The first-order valence-corrected chi connectivity index (χ1v) is 11.1. The van der Waals surface area contributed by atoms with Crippen LogP contribution in [0.25, 0.3) is 6.08 Å². The Labute approximate surface area is 214 Å². The number of hydrogen-bond acceptors (Lipinski definition) is 6. The van der Waals surface area contributed by atoms with Crippen LogP contribution in [0.15, 0.2) is 35.3 Å². The number of methoxy groups -OCH3 is 1. The molecule has 38 heavy (non-hydrogen) atoms. The van der Waals surface area contributed by atoms with Gasteiger partial charge in [0, 0.05) is 16.7 Å². The van der Waals surface area contributed by atoms with Gasteiger partial charge in [0.1, 0.15) is 5.75 Å². The maximum atomic E-state index is 13.3. The molecule has 0 aromatic heterocycles. The Morgan fingerprint density at radius 3 is 2.50 bits per heavy atom. The molecule has 0 saturated heterocycles. The third-order valence-corrected chi connectivity index (χ3v) is 5.57. The van der Waals surface area contributed by atoms with Crippen molar-refractivity contribution < 1.29 is 37.4 Å². The van der Waals surface area contributed by atoms with E-state index >= 15 is 0 Å². The number of hydrogen-bond donors (Lipinski definition) is 6. The lowest BCUT2D eigenvalue weighted by Gasteiger charge is -2.22. The molecule has 14 heteroatoms. The van der Waals surface area contributed by atoms with Gasteiger partial charge in [0.05, 0.1) is 43.1 Å². The minimum Gasteiger partial charge on any atom is -0.494 e. The lowest BCUT2D eigenvalue weighted by molar-refractivity contribution is -0.138. The van der Waals surface area contributed by atoms with E-state index in [1.807, 2.05) is 12.2 Å². The molecular formula is C24H25F3N6O5. The standard InChI is InChI=1S/C24H25F3N6O5/c1-38-21-15-4-2-3-11(15)7-16(20(21)28)17(9-19(35)36)33-18(34)10-31-22(37)12-5-13(24(25,26)27)8-14(6-12)32-23(29)30/h2,4-8,17H,3,9-10,28H2,1H3,(H,31,37)(H,33,34)(H,35,36)(H4,29,30,32). The molecule has 0 fully saturated rings. The molecule has 0 heterocycles. The minimum absolute atomic E-state index is 0.143. The number of nitrogen functional groups attached to an aromatic ring is 1. The number of alkyl halides is 3. The van der Waals surface area contributed by atoms with Crippen molar-refractivity contribution in [2.75, 3.05) is 19.4 Å². The molecule has 9 N–H and O–H groups in total. The SMILES string of the molecule is COc1c(N)c(C(CC(=O)O)NC(=O)CNC(=O)c2cc(N=C(N)N)cc(C(F)(F)F)c2)cc2c1C=CC2. The third-order valence-electron chi connectivity index (χ3n) is 5.57. The van der Waals surface area contributed by atoms with Gasteiger partial charge in [-0.25, -0.2) is 4.99 Å². The summed E-state index contributed by atoms with van der Waals surface area (Å²) in [6, 6.07) is 2.84. The molecule has 2 aromatic rings. The van der Waals surface area contributed by atoms with Crippen molar-refractivity contribution in [2.24, 2.45) is 16.5 Å². The number of benzene rings is 2. The Morgan fingerprint density at radius 1 is 1.18 bits per heavy atom. The Kier molecular flexibility index (Phi) is 8.13. The Morgan fingerprint density at radius 2 is 1.89 bits per heavy atom. The van der Waals surface area contributed by atoms with E-state index in [-0.39, 0.29) is 11.4 Å². The highest BCUT2D eigenvalue weighted by atomic mass is 19.4. The van der Waals surface area contributed by atoms with E-state index in [0.717, 1.165) is 17.2 Å². The van der Waals surface area contributed by atoms with Gasteiger partial charge in [-0.1, -0.05) is 18.2 Å². The number of fused-ring (bicyclic) bond motifs is 1. The van der Waals surface area contributed by atoms with E-state index in [9.17, 15) is 32.7 Å². The number of rotatable bonds is 9. The van der Waals surface area contributed by atoms with Crippen LogP contribution in [0.4, 0.5) is 24.5 Å². The van der Waals surface area contributed by atoms with Gasteiger partial charge in [-0.05, 0) is 30.2 Å². The van der Waals surface area contributed by atoms with Crippen molar-refractivity contribution in [2.45, 2.75) is 25.1 Å². The van der Waals surface area contributed by atoms with Crippen LogP contribution in [-0.4, -0.2) is 42.5 Å². The first kappa shape index (κ1) is 27.8. The zero-order valence-corrected chi connectivity index (χ0v) is 20.1. The topological polar surface area (TPSA) is 195 Å². The smallest absolute Gasteiger partial charge is 0.416 e. The molecule has 1 atom stereocenters. The third kappa shape index (κ3) is 6.52. The number of nitrogens with zero attached hydrogens (tertiary/aromatic N) is 1. The zero-order chi connectivity index (χ0) is 28.2. The summed E-state index contributed by atoms with van der Waals surface area (Å²) >= 11 is 0. The second-order valence-electron chi connectivity index (χ2n) is 8.30. The fourth-order valence-corrected chi connectivity index (χ4v) is 3.97. The number of nitrogens with two attached hydrogens (primary N) is 3. The molecule has 1 aliphatic carbocycles. The summed E-state index contributed by atoms with van der Waals surface area (Å²) < 4.78 is 45.2. The number of aliphatic imine (C=N–C) groups is 1. The summed E-state index contributed by atoms with van der Waals surface area (Å²) in [5.41, 5.74) is 16.8. The number of carboxylic acids is 1. The Hall–Kier alpha value is -4.75. The van der Waals surface area contributed by atoms with Crippen LogP contribution in [0.1, 0.15) is 45.1 Å². The van der Waals surface area contributed by atoms with Gasteiger partial charge in [-0.15, -0.1) is 0 Å². The van der Waals surface area contributed by atoms with Crippen molar-refractivity contribution >= 4 is 41.2 Å². The average molecular weight is 534 g/mol. The van der Waals surface area contributed by atoms with Gasteiger partial charge in [0.2, 0.25) is 5.91 Å². The van der Waals surface area contributed by atoms with Crippen LogP contribution in [0.5, 0.6) is 5.75 Å².